The molecule has 1 N–H and O–H groups in total. The first-order chi connectivity index (χ1) is 13.6. The van der Waals surface area contributed by atoms with E-state index >= 15 is 0 Å². The van der Waals surface area contributed by atoms with Crippen LogP contribution in [0.2, 0.25) is 0 Å². The summed E-state index contributed by atoms with van der Waals surface area (Å²) in [5.74, 6) is 0.0505. The van der Waals surface area contributed by atoms with Crippen LogP contribution in [-0.4, -0.2) is 43.3 Å². The van der Waals surface area contributed by atoms with Crippen molar-refractivity contribution in [2.75, 3.05) is 31.7 Å². The molecule has 2 aromatic rings. The molecule has 0 aliphatic carbocycles. The lowest BCUT2D eigenvalue weighted by Crippen LogP contribution is -2.21. The Hall–Kier alpha value is -3.29. The third-order valence-corrected chi connectivity index (χ3v) is 3.44. The molecule has 8 heteroatoms. The van der Waals surface area contributed by atoms with Crippen molar-refractivity contribution < 1.29 is 28.5 Å². The van der Waals surface area contributed by atoms with E-state index in [1.165, 1.54) is 12.3 Å². The molecular formula is C20H24N2O6. The van der Waals surface area contributed by atoms with Crippen molar-refractivity contribution in [1.29, 1.82) is 0 Å². The number of esters is 1. The molecule has 1 aromatic carbocycles. The largest absolute Gasteiger partial charge is 0.494 e. The molecule has 0 aliphatic heterocycles. The van der Waals surface area contributed by atoms with Crippen LogP contribution in [-0.2, 0) is 9.53 Å². The lowest BCUT2D eigenvalue weighted by Gasteiger charge is -2.14. The molecule has 8 nitrogen and oxygen atoms in total. The molecule has 0 atom stereocenters. The number of hydrogen-bond donors (Lipinski definition) is 1. The molecule has 0 saturated carbocycles. The number of carbonyl (C=O) groups is 2. The van der Waals surface area contributed by atoms with Crippen molar-refractivity contribution in [3.8, 4) is 17.4 Å². The van der Waals surface area contributed by atoms with Gasteiger partial charge in [-0.1, -0.05) is 0 Å². The number of aromatic nitrogens is 1. The maximum Gasteiger partial charge on any atom is 0.344 e. The van der Waals surface area contributed by atoms with Gasteiger partial charge in [0.15, 0.2) is 6.61 Å². The van der Waals surface area contributed by atoms with Gasteiger partial charge in [-0.3, -0.25) is 4.79 Å². The molecule has 1 heterocycles. The van der Waals surface area contributed by atoms with E-state index in [-0.39, 0.29) is 11.4 Å². The summed E-state index contributed by atoms with van der Waals surface area (Å²) in [6.45, 7) is 6.30. The topological polar surface area (TPSA) is 96.0 Å². The van der Waals surface area contributed by atoms with Crippen LogP contribution in [0.3, 0.4) is 0 Å². The molecule has 0 aliphatic rings. The van der Waals surface area contributed by atoms with E-state index in [1.807, 2.05) is 13.8 Å². The number of nitrogens with zero attached hydrogens (tertiary/aromatic N) is 1. The van der Waals surface area contributed by atoms with E-state index < -0.39 is 18.5 Å². The zero-order valence-corrected chi connectivity index (χ0v) is 16.2. The van der Waals surface area contributed by atoms with Gasteiger partial charge in [0, 0.05) is 12.3 Å². The van der Waals surface area contributed by atoms with Crippen LogP contribution < -0.4 is 19.5 Å². The molecule has 0 unspecified atom stereocenters. The van der Waals surface area contributed by atoms with Gasteiger partial charge in [0.05, 0.1) is 25.5 Å². The fourth-order valence-corrected chi connectivity index (χ4v) is 2.34. The minimum absolute atomic E-state index is 0.158. The Morgan fingerprint density at radius 2 is 1.75 bits per heavy atom. The van der Waals surface area contributed by atoms with Gasteiger partial charge in [-0.15, -0.1) is 0 Å². The van der Waals surface area contributed by atoms with Crippen LogP contribution in [0.1, 0.15) is 31.1 Å². The highest BCUT2D eigenvalue weighted by atomic mass is 16.5. The highest BCUT2D eigenvalue weighted by Gasteiger charge is 2.17. The van der Waals surface area contributed by atoms with Crippen molar-refractivity contribution >= 4 is 17.6 Å². The maximum absolute atomic E-state index is 12.3. The zero-order valence-electron chi connectivity index (χ0n) is 16.2. The molecule has 1 amide bonds. The molecule has 150 valence electrons. The smallest absolute Gasteiger partial charge is 0.344 e. The van der Waals surface area contributed by atoms with Gasteiger partial charge in [-0.2, -0.15) is 0 Å². The number of carbonyl (C=O) groups excluding carboxylic acids is 2. The van der Waals surface area contributed by atoms with Crippen molar-refractivity contribution in [2.24, 2.45) is 0 Å². The fourth-order valence-electron chi connectivity index (χ4n) is 2.34. The zero-order chi connectivity index (χ0) is 20.4. The van der Waals surface area contributed by atoms with E-state index in [1.54, 1.807) is 31.2 Å². The van der Waals surface area contributed by atoms with Crippen molar-refractivity contribution in [3.63, 3.8) is 0 Å². The lowest BCUT2D eigenvalue weighted by atomic mass is 10.2. The number of rotatable bonds is 10. The average Bonchev–Trinajstić information content (AvgIpc) is 2.69. The fraction of sp³-hybridized carbons (Fsp3) is 0.350. The summed E-state index contributed by atoms with van der Waals surface area (Å²) in [6.07, 6.45) is 1.51. The highest BCUT2D eigenvalue weighted by Crippen LogP contribution is 2.29. The van der Waals surface area contributed by atoms with Crippen LogP contribution >= 0.6 is 0 Å². The number of amides is 1. The Balaban J connectivity index is 2.02. The van der Waals surface area contributed by atoms with Gasteiger partial charge in [0.1, 0.15) is 17.1 Å². The van der Waals surface area contributed by atoms with Gasteiger partial charge >= 0.3 is 5.97 Å². The quantitative estimate of drug-likeness (QED) is 0.625. The second-order valence-electron chi connectivity index (χ2n) is 5.44. The molecule has 0 spiro atoms. The molecule has 0 bridgehead atoms. The summed E-state index contributed by atoms with van der Waals surface area (Å²) < 4.78 is 21.3. The summed E-state index contributed by atoms with van der Waals surface area (Å²) in [6, 6.07) is 8.23. The van der Waals surface area contributed by atoms with E-state index in [9.17, 15) is 9.59 Å². The minimum atomic E-state index is -0.695. The van der Waals surface area contributed by atoms with E-state index in [2.05, 4.69) is 10.3 Å². The lowest BCUT2D eigenvalue weighted by molar-refractivity contribution is -0.119. The summed E-state index contributed by atoms with van der Waals surface area (Å²) in [7, 11) is 0. The Morgan fingerprint density at radius 1 is 1.00 bits per heavy atom. The number of anilines is 1. The summed E-state index contributed by atoms with van der Waals surface area (Å²) in [5, 5.41) is 2.67. The average molecular weight is 388 g/mol. The van der Waals surface area contributed by atoms with Crippen LogP contribution in [0, 0.1) is 0 Å². The molecular weight excluding hydrogens is 364 g/mol. The molecule has 2 rings (SSSR count). The van der Waals surface area contributed by atoms with Crippen LogP contribution in [0.25, 0.3) is 0 Å². The van der Waals surface area contributed by atoms with Crippen LogP contribution in [0.4, 0.5) is 5.69 Å². The van der Waals surface area contributed by atoms with Crippen LogP contribution in [0.15, 0.2) is 36.5 Å². The van der Waals surface area contributed by atoms with Gasteiger partial charge in [0.25, 0.3) is 5.91 Å². The number of ether oxygens (including phenoxy) is 4. The third-order valence-electron chi connectivity index (χ3n) is 3.44. The summed E-state index contributed by atoms with van der Waals surface area (Å²) in [4.78, 5) is 28.5. The monoisotopic (exact) mass is 388 g/mol. The first-order valence-electron chi connectivity index (χ1n) is 9.03. The molecule has 0 saturated heterocycles. The summed E-state index contributed by atoms with van der Waals surface area (Å²) >= 11 is 0. The van der Waals surface area contributed by atoms with E-state index in [0.29, 0.717) is 37.0 Å². The first-order valence-corrected chi connectivity index (χ1v) is 9.03. The van der Waals surface area contributed by atoms with Gasteiger partial charge < -0.3 is 24.3 Å². The number of benzene rings is 1. The Labute approximate surface area is 163 Å². The molecule has 28 heavy (non-hydrogen) atoms. The predicted molar refractivity (Wildman–Crippen MR) is 103 cm³/mol. The highest BCUT2D eigenvalue weighted by molar-refractivity contribution is 5.97. The van der Waals surface area contributed by atoms with Gasteiger partial charge in [-0.25, -0.2) is 9.78 Å². The standard InChI is InChI=1S/C20H24N2O6/c1-4-25-14-9-10-17(26-5-2)16(12-14)22-18(23)13-28-20(24)15-8-7-11-21-19(15)27-6-3/h7-12H,4-6,13H2,1-3H3,(H,22,23). The maximum atomic E-state index is 12.3. The molecule has 1 aromatic heterocycles. The van der Waals surface area contributed by atoms with Gasteiger partial charge in [0.2, 0.25) is 5.88 Å². The number of hydrogen-bond acceptors (Lipinski definition) is 7. The SMILES string of the molecule is CCOc1ccc(OCC)c(NC(=O)COC(=O)c2cccnc2OCC)c1. The van der Waals surface area contributed by atoms with E-state index in [4.69, 9.17) is 18.9 Å². The second-order valence-corrected chi connectivity index (χ2v) is 5.44. The third kappa shape index (κ3) is 5.87. The predicted octanol–water partition coefficient (Wildman–Crippen LogP) is 3.07. The summed E-state index contributed by atoms with van der Waals surface area (Å²) in [5.41, 5.74) is 0.593. The molecule has 0 radical (unpaired) electrons. The van der Waals surface area contributed by atoms with Crippen molar-refractivity contribution in [1.82, 2.24) is 4.98 Å². The van der Waals surface area contributed by atoms with E-state index in [0.717, 1.165) is 0 Å². The molecule has 0 fully saturated rings. The normalized spacial score (nSPS) is 10.1. The van der Waals surface area contributed by atoms with Gasteiger partial charge in [-0.05, 0) is 45.0 Å². The second kappa shape index (κ2) is 10.8. The van der Waals surface area contributed by atoms with Crippen molar-refractivity contribution in [2.45, 2.75) is 20.8 Å². The Kier molecular flexibility index (Phi) is 8.08. The first kappa shape index (κ1) is 21.0. The van der Waals surface area contributed by atoms with Crippen LogP contribution in [0.5, 0.6) is 17.4 Å². The minimum Gasteiger partial charge on any atom is -0.494 e. The number of pyridine rings is 1. The Bertz CT molecular complexity index is 809. The van der Waals surface area contributed by atoms with Crippen molar-refractivity contribution in [3.05, 3.63) is 42.1 Å². The Morgan fingerprint density at radius 3 is 2.46 bits per heavy atom. The number of nitrogens with one attached hydrogen (secondary N) is 1.